The van der Waals surface area contributed by atoms with Gasteiger partial charge in [0.2, 0.25) is 10.0 Å². The molecule has 0 saturated carbocycles. The van der Waals surface area contributed by atoms with Crippen molar-refractivity contribution in [2.45, 2.75) is 18.2 Å². The van der Waals surface area contributed by atoms with E-state index in [1.165, 1.54) is 29.6 Å². The van der Waals surface area contributed by atoms with Crippen LogP contribution in [0.4, 0.5) is 5.69 Å². The van der Waals surface area contributed by atoms with E-state index in [2.05, 4.69) is 0 Å². The molecule has 0 spiro atoms. The predicted octanol–water partition coefficient (Wildman–Crippen LogP) is 1.95. The van der Waals surface area contributed by atoms with Gasteiger partial charge in [-0.1, -0.05) is 18.5 Å². The Balaban J connectivity index is 3.17. The molecule has 4 nitrogen and oxygen atoms in total. The van der Waals surface area contributed by atoms with E-state index in [1.807, 2.05) is 6.92 Å². The second kappa shape index (κ2) is 5.03. The van der Waals surface area contributed by atoms with Crippen LogP contribution in [0.1, 0.15) is 13.3 Å². The van der Waals surface area contributed by atoms with Crippen LogP contribution in [-0.2, 0) is 10.0 Å². The fraction of sp³-hybridized carbons (Fsp3) is 0.400. The van der Waals surface area contributed by atoms with E-state index >= 15 is 0 Å². The normalized spacial score (nSPS) is 12.0. The van der Waals surface area contributed by atoms with Crippen molar-refractivity contribution in [3.8, 4) is 0 Å². The molecule has 0 amide bonds. The van der Waals surface area contributed by atoms with E-state index in [0.717, 1.165) is 6.42 Å². The Labute approximate surface area is 101 Å². The van der Waals surface area contributed by atoms with Crippen molar-refractivity contribution in [2.24, 2.45) is 0 Å². The van der Waals surface area contributed by atoms with Gasteiger partial charge in [0.05, 0.1) is 5.02 Å². The maximum Gasteiger partial charge on any atom is 0.244 e. The van der Waals surface area contributed by atoms with Crippen molar-refractivity contribution >= 4 is 27.3 Å². The molecule has 1 rings (SSSR count). The smallest absolute Gasteiger partial charge is 0.244 e. The van der Waals surface area contributed by atoms with Crippen LogP contribution in [-0.4, -0.2) is 26.3 Å². The third kappa shape index (κ3) is 2.66. The fourth-order valence-corrected chi connectivity index (χ4v) is 3.11. The average Bonchev–Trinajstić information content (AvgIpc) is 2.17. The highest BCUT2D eigenvalue weighted by Gasteiger charge is 2.22. The van der Waals surface area contributed by atoms with E-state index in [1.54, 1.807) is 0 Å². The van der Waals surface area contributed by atoms with Crippen molar-refractivity contribution in [3.63, 3.8) is 0 Å². The zero-order chi connectivity index (χ0) is 12.3. The molecular weight excluding hydrogens is 248 g/mol. The van der Waals surface area contributed by atoms with Gasteiger partial charge in [0.15, 0.2) is 0 Å². The molecule has 0 aliphatic carbocycles. The van der Waals surface area contributed by atoms with Crippen LogP contribution in [0.15, 0.2) is 23.1 Å². The topological polar surface area (TPSA) is 63.4 Å². The molecule has 0 aliphatic rings. The predicted molar refractivity (Wildman–Crippen MR) is 66.0 cm³/mol. The summed E-state index contributed by atoms with van der Waals surface area (Å²) in [4.78, 5) is 0.0966. The number of nitrogen functional groups attached to an aromatic ring is 1. The van der Waals surface area contributed by atoms with Crippen molar-refractivity contribution in [2.75, 3.05) is 19.3 Å². The molecule has 0 saturated heterocycles. The monoisotopic (exact) mass is 262 g/mol. The number of sulfonamides is 1. The van der Waals surface area contributed by atoms with Crippen LogP contribution < -0.4 is 5.73 Å². The van der Waals surface area contributed by atoms with Gasteiger partial charge in [-0.2, -0.15) is 0 Å². The van der Waals surface area contributed by atoms with Crippen molar-refractivity contribution in [1.82, 2.24) is 4.31 Å². The number of halogens is 1. The summed E-state index contributed by atoms with van der Waals surface area (Å²) in [5, 5.41) is 0.156. The average molecular weight is 263 g/mol. The molecule has 0 bridgehead atoms. The molecule has 90 valence electrons. The van der Waals surface area contributed by atoms with E-state index < -0.39 is 10.0 Å². The van der Waals surface area contributed by atoms with Gasteiger partial charge in [-0.3, -0.25) is 0 Å². The summed E-state index contributed by atoms with van der Waals surface area (Å²) in [6.45, 7) is 2.37. The summed E-state index contributed by atoms with van der Waals surface area (Å²) < 4.78 is 25.4. The van der Waals surface area contributed by atoms with Gasteiger partial charge in [-0.05, 0) is 24.6 Å². The molecule has 0 atom stereocenters. The lowest BCUT2D eigenvalue weighted by Crippen LogP contribution is -2.27. The molecule has 1 aromatic carbocycles. The molecule has 0 heterocycles. The van der Waals surface area contributed by atoms with Gasteiger partial charge in [-0.15, -0.1) is 0 Å². The number of hydrogen-bond acceptors (Lipinski definition) is 3. The Bertz CT molecular complexity index is 474. The molecule has 0 radical (unpaired) electrons. The van der Waals surface area contributed by atoms with Crippen LogP contribution in [0.3, 0.4) is 0 Å². The van der Waals surface area contributed by atoms with Crippen LogP contribution in [0, 0.1) is 0 Å². The molecule has 16 heavy (non-hydrogen) atoms. The van der Waals surface area contributed by atoms with E-state index in [9.17, 15) is 8.42 Å². The first-order valence-corrected chi connectivity index (χ1v) is 6.72. The Hall–Kier alpha value is -0.780. The standard InChI is InChI=1S/C10H15ClN2O2S/c1-3-6-13(2)16(14,15)10-5-4-8(12)7-9(10)11/h4-5,7H,3,6,12H2,1-2H3. The Morgan fingerprint density at radius 1 is 1.44 bits per heavy atom. The molecule has 2 N–H and O–H groups in total. The van der Waals surface area contributed by atoms with Gasteiger partial charge in [0.25, 0.3) is 0 Å². The maximum atomic E-state index is 12.1. The first-order valence-electron chi connectivity index (χ1n) is 4.91. The van der Waals surface area contributed by atoms with Crippen LogP contribution >= 0.6 is 11.6 Å². The van der Waals surface area contributed by atoms with E-state index in [-0.39, 0.29) is 9.92 Å². The Morgan fingerprint density at radius 3 is 2.56 bits per heavy atom. The van der Waals surface area contributed by atoms with E-state index in [0.29, 0.717) is 12.2 Å². The molecule has 1 aromatic rings. The van der Waals surface area contributed by atoms with Gasteiger partial charge >= 0.3 is 0 Å². The highest BCUT2D eigenvalue weighted by atomic mass is 35.5. The number of hydrogen-bond donors (Lipinski definition) is 1. The van der Waals surface area contributed by atoms with Crippen molar-refractivity contribution in [3.05, 3.63) is 23.2 Å². The molecule has 0 aromatic heterocycles. The Morgan fingerprint density at radius 2 is 2.06 bits per heavy atom. The van der Waals surface area contributed by atoms with Gasteiger partial charge in [-0.25, -0.2) is 12.7 Å². The molecular formula is C10H15ClN2O2S. The highest BCUT2D eigenvalue weighted by molar-refractivity contribution is 7.89. The zero-order valence-electron chi connectivity index (χ0n) is 9.27. The van der Waals surface area contributed by atoms with Crippen LogP contribution in [0.25, 0.3) is 0 Å². The Kier molecular flexibility index (Phi) is 4.18. The van der Waals surface area contributed by atoms with E-state index in [4.69, 9.17) is 17.3 Å². The number of nitrogens with two attached hydrogens (primary N) is 1. The molecule has 0 aliphatic heterocycles. The minimum Gasteiger partial charge on any atom is -0.399 e. The first-order chi connectivity index (χ1) is 7.39. The highest BCUT2D eigenvalue weighted by Crippen LogP contribution is 2.25. The van der Waals surface area contributed by atoms with Crippen LogP contribution in [0.2, 0.25) is 5.02 Å². The minimum atomic E-state index is -3.50. The summed E-state index contributed by atoms with van der Waals surface area (Å²) in [5.41, 5.74) is 5.96. The number of benzene rings is 1. The van der Waals surface area contributed by atoms with Crippen molar-refractivity contribution < 1.29 is 8.42 Å². The van der Waals surface area contributed by atoms with Gasteiger partial charge in [0.1, 0.15) is 4.90 Å². The fourth-order valence-electron chi connectivity index (χ4n) is 1.33. The third-order valence-electron chi connectivity index (χ3n) is 2.18. The molecule has 0 fully saturated rings. The summed E-state index contributed by atoms with van der Waals surface area (Å²) >= 11 is 5.87. The largest absolute Gasteiger partial charge is 0.399 e. The second-order valence-corrected chi connectivity index (χ2v) is 5.94. The summed E-state index contributed by atoms with van der Waals surface area (Å²) in [7, 11) is -1.97. The second-order valence-electron chi connectivity index (χ2n) is 3.52. The van der Waals surface area contributed by atoms with Gasteiger partial charge < -0.3 is 5.73 Å². The number of anilines is 1. The number of rotatable bonds is 4. The lowest BCUT2D eigenvalue weighted by molar-refractivity contribution is 0.468. The SMILES string of the molecule is CCCN(C)S(=O)(=O)c1ccc(N)cc1Cl. The molecule has 0 unspecified atom stereocenters. The third-order valence-corrected chi connectivity index (χ3v) is 4.52. The van der Waals surface area contributed by atoms with Crippen LogP contribution in [0.5, 0.6) is 0 Å². The lowest BCUT2D eigenvalue weighted by atomic mass is 10.3. The molecule has 6 heteroatoms. The summed E-state index contributed by atoms with van der Waals surface area (Å²) in [5.74, 6) is 0. The lowest BCUT2D eigenvalue weighted by Gasteiger charge is -2.17. The zero-order valence-corrected chi connectivity index (χ0v) is 10.8. The summed E-state index contributed by atoms with van der Waals surface area (Å²) in [6.07, 6.45) is 0.752. The first kappa shape index (κ1) is 13.3. The number of nitrogens with zero attached hydrogens (tertiary/aromatic N) is 1. The van der Waals surface area contributed by atoms with Crippen molar-refractivity contribution in [1.29, 1.82) is 0 Å². The van der Waals surface area contributed by atoms with Gasteiger partial charge in [0, 0.05) is 19.3 Å². The summed E-state index contributed by atoms with van der Waals surface area (Å²) in [6, 6.07) is 4.39. The quantitative estimate of drug-likeness (QED) is 0.844. The minimum absolute atomic E-state index is 0.0966. The maximum absolute atomic E-state index is 12.1.